The number of aliphatic carboxylic acids is 1. The summed E-state index contributed by atoms with van der Waals surface area (Å²) >= 11 is 0. The lowest BCUT2D eigenvalue weighted by Gasteiger charge is -2.28. The monoisotopic (exact) mass is 265 g/mol. The molecule has 1 aromatic carbocycles. The lowest BCUT2D eigenvalue weighted by atomic mass is 10.0. The zero-order valence-corrected chi connectivity index (χ0v) is 12.1. The number of methoxy groups -OCH3 is 1. The molecule has 0 amide bonds. The second-order valence-electron chi connectivity index (χ2n) is 4.79. The number of rotatable bonds is 7. The number of ether oxygens (including phenoxy) is 1. The fourth-order valence-corrected chi connectivity index (χ4v) is 2.25. The molecule has 0 saturated carbocycles. The first-order chi connectivity index (χ1) is 8.99. The van der Waals surface area contributed by atoms with Crippen LogP contribution in [0.2, 0.25) is 0 Å². The molecule has 0 aliphatic heterocycles. The maximum absolute atomic E-state index is 11.0. The van der Waals surface area contributed by atoms with E-state index in [1.165, 1.54) is 0 Å². The first kappa shape index (κ1) is 15.5. The van der Waals surface area contributed by atoms with Crippen LogP contribution in [0.5, 0.6) is 5.75 Å². The molecular weight excluding hydrogens is 242 g/mol. The molecule has 0 bridgehead atoms. The van der Waals surface area contributed by atoms with Gasteiger partial charge in [-0.05, 0) is 32.9 Å². The molecule has 0 saturated heterocycles. The Labute approximate surface area is 115 Å². The molecule has 1 aromatic rings. The number of hydrogen-bond donors (Lipinski definition) is 1. The van der Waals surface area contributed by atoms with Crippen molar-refractivity contribution in [1.29, 1.82) is 0 Å². The summed E-state index contributed by atoms with van der Waals surface area (Å²) in [5.74, 6) is 0.0107. The van der Waals surface area contributed by atoms with Crippen LogP contribution in [0.15, 0.2) is 18.2 Å². The summed E-state index contributed by atoms with van der Waals surface area (Å²) in [5, 5.41) is 9.01. The number of benzene rings is 1. The van der Waals surface area contributed by atoms with Crippen LogP contribution in [-0.4, -0.2) is 36.2 Å². The number of carboxylic acid groups (broad SMARTS) is 1. The van der Waals surface area contributed by atoms with Gasteiger partial charge in [0.15, 0.2) is 0 Å². The highest BCUT2D eigenvalue weighted by Gasteiger charge is 2.20. The van der Waals surface area contributed by atoms with Crippen LogP contribution in [0.4, 0.5) is 0 Å². The SMILES string of the molecule is CCCN(CC(=O)O)C(C)c1cc(C)ccc1OC. The summed E-state index contributed by atoms with van der Waals surface area (Å²) in [5.41, 5.74) is 2.19. The third-order valence-electron chi connectivity index (χ3n) is 3.23. The highest BCUT2D eigenvalue weighted by molar-refractivity contribution is 5.69. The highest BCUT2D eigenvalue weighted by atomic mass is 16.5. The van der Waals surface area contributed by atoms with Crippen molar-refractivity contribution in [2.75, 3.05) is 20.2 Å². The van der Waals surface area contributed by atoms with Crippen molar-refractivity contribution in [1.82, 2.24) is 4.90 Å². The standard InChI is InChI=1S/C15H23NO3/c1-5-8-16(10-15(17)18)12(3)13-9-11(2)6-7-14(13)19-4/h6-7,9,12H,5,8,10H2,1-4H3,(H,17,18). The first-order valence-electron chi connectivity index (χ1n) is 6.60. The minimum atomic E-state index is -0.799. The summed E-state index contributed by atoms with van der Waals surface area (Å²) in [6, 6.07) is 6.02. The lowest BCUT2D eigenvalue weighted by molar-refractivity contribution is -0.138. The number of hydrogen-bond acceptors (Lipinski definition) is 3. The molecular formula is C15H23NO3. The smallest absolute Gasteiger partial charge is 0.317 e. The predicted molar refractivity (Wildman–Crippen MR) is 75.6 cm³/mol. The van der Waals surface area contributed by atoms with Crippen molar-refractivity contribution >= 4 is 5.97 Å². The van der Waals surface area contributed by atoms with Gasteiger partial charge in [0.1, 0.15) is 5.75 Å². The molecule has 0 fully saturated rings. The van der Waals surface area contributed by atoms with Crippen LogP contribution in [0, 0.1) is 6.92 Å². The Morgan fingerprint density at radius 3 is 2.68 bits per heavy atom. The quantitative estimate of drug-likeness (QED) is 0.823. The van der Waals surface area contributed by atoms with Crippen LogP contribution in [0.3, 0.4) is 0 Å². The number of nitrogens with zero attached hydrogens (tertiary/aromatic N) is 1. The zero-order valence-electron chi connectivity index (χ0n) is 12.1. The topological polar surface area (TPSA) is 49.8 Å². The Morgan fingerprint density at radius 2 is 2.16 bits per heavy atom. The van der Waals surface area contributed by atoms with Gasteiger partial charge in [-0.25, -0.2) is 0 Å². The molecule has 0 aromatic heterocycles. The van der Waals surface area contributed by atoms with E-state index in [1.54, 1.807) is 7.11 Å². The van der Waals surface area contributed by atoms with Crippen LogP contribution >= 0.6 is 0 Å². The fraction of sp³-hybridized carbons (Fsp3) is 0.533. The molecule has 0 heterocycles. The minimum absolute atomic E-state index is 0.0194. The van der Waals surface area contributed by atoms with Gasteiger partial charge in [0.05, 0.1) is 13.7 Å². The second-order valence-corrected chi connectivity index (χ2v) is 4.79. The summed E-state index contributed by atoms with van der Waals surface area (Å²) in [7, 11) is 1.64. The van der Waals surface area contributed by atoms with Crippen LogP contribution in [0.1, 0.15) is 37.4 Å². The molecule has 0 spiro atoms. The Morgan fingerprint density at radius 1 is 1.47 bits per heavy atom. The van der Waals surface area contributed by atoms with E-state index >= 15 is 0 Å². The van der Waals surface area contributed by atoms with Gasteiger partial charge in [-0.2, -0.15) is 0 Å². The normalized spacial score (nSPS) is 12.5. The molecule has 0 aliphatic carbocycles. The minimum Gasteiger partial charge on any atom is -0.496 e. The molecule has 0 radical (unpaired) electrons. The van der Waals surface area contributed by atoms with E-state index in [9.17, 15) is 4.79 Å². The van der Waals surface area contributed by atoms with E-state index in [-0.39, 0.29) is 12.6 Å². The average Bonchev–Trinajstić information content (AvgIpc) is 2.37. The molecule has 4 heteroatoms. The molecule has 1 unspecified atom stereocenters. The van der Waals surface area contributed by atoms with E-state index in [2.05, 4.69) is 13.0 Å². The van der Waals surface area contributed by atoms with Gasteiger partial charge >= 0.3 is 5.97 Å². The third-order valence-corrected chi connectivity index (χ3v) is 3.23. The first-order valence-corrected chi connectivity index (χ1v) is 6.60. The summed E-state index contributed by atoms with van der Waals surface area (Å²) in [4.78, 5) is 12.9. The van der Waals surface area contributed by atoms with Gasteiger partial charge in [0.25, 0.3) is 0 Å². The third kappa shape index (κ3) is 4.24. The Balaban J connectivity index is 3.03. The van der Waals surface area contributed by atoms with Crippen molar-refractivity contribution in [3.8, 4) is 5.75 Å². The molecule has 19 heavy (non-hydrogen) atoms. The molecule has 1 N–H and O–H groups in total. The molecule has 1 atom stereocenters. The predicted octanol–water partition coefficient (Wildman–Crippen LogP) is 2.86. The molecule has 1 rings (SSSR count). The van der Waals surface area contributed by atoms with Crippen molar-refractivity contribution < 1.29 is 14.6 Å². The van der Waals surface area contributed by atoms with Crippen molar-refractivity contribution in [2.24, 2.45) is 0 Å². The van der Waals surface area contributed by atoms with Gasteiger partial charge in [0, 0.05) is 11.6 Å². The maximum Gasteiger partial charge on any atom is 0.317 e. The van der Waals surface area contributed by atoms with E-state index in [4.69, 9.17) is 9.84 Å². The zero-order chi connectivity index (χ0) is 14.4. The lowest BCUT2D eigenvalue weighted by Crippen LogP contribution is -2.33. The molecule has 106 valence electrons. The Bertz CT molecular complexity index is 431. The Kier molecular flexibility index (Phi) is 5.83. The Hall–Kier alpha value is -1.55. The van der Waals surface area contributed by atoms with E-state index in [0.29, 0.717) is 0 Å². The van der Waals surface area contributed by atoms with Crippen LogP contribution in [0.25, 0.3) is 0 Å². The van der Waals surface area contributed by atoms with Crippen molar-refractivity contribution in [3.63, 3.8) is 0 Å². The number of carbonyl (C=O) groups is 1. The fourth-order valence-electron chi connectivity index (χ4n) is 2.25. The summed E-state index contributed by atoms with van der Waals surface area (Å²) in [6.45, 7) is 6.90. The number of carboxylic acids is 1. The van der Waals surface area contributed by atoms with E-state index in [1.807, 2.05) is 30.9 Å². The van der Waals surface area contributed by atoms with Gasteiger partial charge in [-0.1, -0.05) is 24.6 Å². The highest BCUT2D eigenvalue weighted by Crippen LogP contribution is 2.30. The van der Waals surface area contributed by atoms with Crippen molar-refractivity contribution in [2.45, 2.75) is 33.2 Å². The van der Waals surface area contributed by atoms with Crippen LogP contribution in [-0.2, 0) is 4.79 Å². The summed E-state index contributed by atoms with van der Waals surface area (Å²) in [6.07, 6.45) is 0.922. The average molecular weight is 265 g/mol. The molecule has 4 nitrogen and oxygen atoms in total. The molecule has 0 aliphatic rings. The van der Waals surface area contributed by atoms with E-state index in [0.717, 1.165) is 29.8 Å². The van der Waals surface area contributed by atoms with Crippen LogP contribution < -0.4 is 4.74 Å². The number of aryl methyl sites for hydroxylation is 1. The van der Waals surface area contributed by atoms with E-state index < -0.39 is 5.97 Å². The second kappa shape index (κ2) is 7.14. The van der Waals surface area contributed by atoms with Gasteiger partial charge in [-0.15, -0.1) is 0 Å². The van der Waals surface area contributed by atoms with Crippen molar-refractivity contribution in [3.05, 3.63) is 29.3 Å². The largest absolute Gasteiger partial charge is 0.496 e. The summed E-state index contributed by atoms with van der Waals surface area (Å²) < 4.78 is 5.38. The maximum atomic E-state index is 11.0. The van der Waals surface area contributed by atoms with Gasteiger partial charge in [-0.3, -0.25) is 9.69 Å². The van der Waals surface area contributed by atoms with Gasteiger partial charge < -0.3 is 9.84 Å². The van der Waals surface area contributed by atoms with Gasteiger partial charge in [0.2, 0.25) is 0 Å².